The highest BCUT2D eigenvalue weighted by atomic mass is 35.5. The van der Waals surface area contributed by atoms with Crippen LogP contribution in [0.2, 0.25) is 5.02 Å². The van der Waals surface area contributed by atoms with Crippen molar-refractivity contribution < 1.29 is 9.90 Å². The Hall–Kier alpha value is -3.43. The van der Waals surface area contributed by atoms with Gasteiger partial charge in [-0.3, -0.25) is 9.79 Å². The molecule has 1 aliphatic heterocycles. The maximum Gasteiger partial charge on any atom is 0.166 e. The fourth-order valence-corrected chi connectivity index (χ4v) is 4.14. The van der Waals surface area contributed by atoms with Gasteiger partial charge in [0, 0.05) is 22.6 Å². The third-order valence-corrected chi connectivity index (χ3v) is 5.72. The molecule has 0 aromatic heterocycles. The summed E-state index contributed by atoms with van der Waals surface area (Å²) in [4.78, 5) is 18.2. The van der Waals surface area contributed by atoms with Crippen LogP contribution < -0.4 is 0 Å². The van der Waals surface area contributed by atoms with Crippen LogP contribution in [0.3, 0.4) is 0 Å². The normalized spacial score (nSPS) is 16.1. The standard InChI is InChI=1S/C26H18ClNO2/c27-21-10-7-19-14-24(30)26(20-6-5-16-3-1-2-4-18(16)13-20)28-25(23(19)15-21)17-8-11-22(29)12-9-17/h1-13,15,26,29H,14H2. The maximum atomic E-state index is 13.2. The van der Waals surface area contributed by atoms with E-state index in [4.69, 9.17) is 16.6 Å². The molecule has 146 valence electrons. The van der Waals surface area contributed by atoms with Crippen molar-refractivity contribution in [2.45, 2.75) is 12.5 Å². The number of phenolic OH excluding ortho intramolecular Hbond substituents is 1. The summed E-state index contributed by atoms with van der Waals surface area (Å²) < 4.78 is 0. The minimum absolute atomic E-state index is 0.0441. The first-order chi connectivity index (χ1) is 14.6. The lowest BCUT2D eigenvalue weighted by Gasteiger charge is -2.13. The minimum atomic E-state index is -0.607. The van der Waals surface area contributed by atoms with Gasteiger partial charge >= 0.3 is 0 Å². The van der Waals surface area contributed by atoms with E-state index in [2.05, 4.69) is 6.07 Å². The van der Waals surface area contributed by atoms with Crippen molar-refractivity contribution in [2.75, 3.05) is 0 Å². The molecule has 0 radical (unpaired) electrons. The van der Waals surface area contributed by atoms with Gasteiger partial charge in [0.1, 0.15) is 11.8 Å². The Labute approximate surface area is 179 Å². The van der Waals surface area contributed by atoms with Crippen molar-refractivity contribution in [1.29, 1.82) is 0 Å². The largest absolute Gasteiger partial charge is 0.508 e. The second-order valence-corrected chi connectivity index (χ2v) is 7.91. The van der Waals surface area contributed by atoms with Gasteiger partial charge in [-0.25, -0.2) is 0 Å². The molecule has 1 heterocycles. The lowest BCUT2D eigenvalue weighted by Crippen LogP contribution is -2.12. The highest BCUT2D eigenvalue weighted by Gasteiger charge is 2.27. The SMILES string of the molecule is O=C1Cc2ccc(Cl)cc2C(c2ccc(O)cc2)=NC1c1ccc2ccccc2c1. The number of hydrogen-bond donors (Lipinski definition) is 1. The average Bonchev–Trinajstić information content (AvgIpc) is 2.90. The number of ketones is 1. The van der Waals surface area contributed by atoms with E-state index in [1.165, 1.54) is 0 Å². The van der Waals surface area contributed by atoms with Crippen molar-refractivity contribution in [3.05, 3.63) is 112 Å². The predicted octanol–water partition coefficient (Wildman–Crippen LogP) is 5.90. The fourth-order valence-electron chi connectivity index (χ4n) is 3.97. The van der Waals surface area contributed by atoms with Crippen LogP contribution in [0.15, 0.2) is 89.9 Å². The summed E-state index contributed by atoms with van der Waals surface area (Å²) >= 11 is 6.28. The van der Waals surface area contributed by atoms with Crippen LogP contribution in [-0.2, 0) is 11.2 Å². The fraction of sp³-hybridized carbons (Fsp3) is 0.0769. The number of phenols is 1. The van der Waals surface area contributed by atoms with Crippen molar-refractivity contribution in [3.8, 4) is 5.75 Å². The summed E-state index contributed by atoms with van der Waals surface area (Å²) in [5.74, 6) is 0.226. The highest BCUT2D eigenvalue weighted by molar-refractivity contribution is 6.31. The zero-order valence-electron chi connectivity index (χ0n) is 16.0. The van der Waals surface area contributed by atoms with Gasteiger partial charge in [-0.05, 0) is 64.4 Å². The van der Waals surface area contributed by atoms with E-state index < -0.39 is 6.04 Å². The van der Waals surface area contributed by atoms with Crippen molar-refractivity contribution in [2.24, 2.45) is 4.99 Å². The van der Waals surface area contributed by atoms with Crippen LogP contribution in [0.5, 0.6) is 5.75 Å². The third kappa shape index (κ3) is 3.38. The van der Waals surface area contributed by atoms with Gasteiger partial charge < -0.3 is 5.11 Å². The van der Waals surface area contributed by atoms with Crippen LogP contribution >= 0.6 is 11.6 Å². The molecule has 5 rings (SSSR count). The Morgan fingerprint density at radius 2 is 1.63 bits per heavy atom. The second-order valence-electron chi connectivity index (χ2n) is 7.48. The van der Waals surface area contributed by atoms with E-state index in [9.17, 15) is 9.90 Å². The van der Waals surface area contributed by atoms with E-state index >= 15 is 0 Å². The number of Topliss-reactive ketones (excluding diaryl/α,β-unsaturated/α-hetero) is 1. The Morgan fingerprint density at radius 1 is 0.867 bits per heavy atom. The Balaban J connectivity index is 1.71. The number of carbonyl (C=O) groups excluding carboxylic acids is 1. The summed E-state index contributed by atoms with van der Waals surface area (Å²) in [7, 11) is 0. The Kier molecular flexibility index (Phi) is 4.61. The highest BCUT2D eigenvalue weighted by Crippen LogP contribution is 2.32. The number of fused-ring (bicyclic) bond motifs is 2. The molecular weight excluding hydrogens is 394 g/mol. The topological polar surface area (TPSA) is 49.7 Å². The first-order valence-corrected chi connectivity index (χ1v) is 10.1. The molecular formula is C26H18ClNO2. The van der Waals surface area contributed by atoms with Crippen LogP contribution in [0.25, 0.3) is 10.8 Å². The third-order valence-electron chi connectivity index (χ3n) is 5.48. The van der Waals surface area contributed by atoms with Gasteiger partial charge in [-0.2, -0.15) is 0 Å². The molecule has 0 bridgehead atoms. The lowest BCUT2D eigenvalue weighted by molar-refractivity contribution is -0.119. The molecule has 1 aliphatic rings. The number of hydrogen-bond acceptors (Lipinski definition) is 3. The first-order valence-electron chi connectivity index (χ1n) is 9.76. The van der Waals surface area contributed by atoms with Crippen molar-refractivity contribution in [1.82, 2.24) is 0 Å². The molecule has 0 saturated heterocycles. The Morgan fingerprint density at radius 3 is 2.43 bits per heavy atom. The number of aromatic hydroxyl groups is 1. The smallest absolute Gasteiger partial charge is 0.166 e. The van der Waals surface area contributed by atoms with Gasteiger partial charge in [0.15, 0.2) is 5.78 Å². The second kappa shape index (κ2) is 7.43. The molecule has 0 aliphatic carbocycles. The number of nitrogens with zero attached hydrogens (tertiary/aromatic N) is 1. The number of aliphatic imine (C=N–C) groups is 1. The maximum absolute atomic E-state index is 13.2. The van der Waals surface area contributed by atoms with E-state index in [0.29, 0.717) is 10.7 Å². The van der Waals surface area contributed by atoms with E-state index in [1.54, 1.807) is 18.2 Å². The molecule has 0 saturated carbocycles. The average molecular weight is 412 g/mol. The number of rotatable bonds is 2. The summed E-state index contributed by atoms with van der Waals surface area (Å²) in [6, 6.07) is 26.0. The quantitative estimate of drug-likeness (QED) is 0.446. The summed E-state index contributed by atoms with van der Waals surface area (Å²) in [5, 5.41) is 12.5. The Bertz CT molecular complexity index is 1310. The van der Waals surface area contributed by atoms with Crippen molar-refractivity contribution >= 4 is 33.9 Å². The van der Waals surface area contributed by atoms with Crippen LogP contribution in [0.4, 0.5) is 0 Å². The summed E-state index contributed by atoms with van der Waals surface area (Å²) in [5.41, 5.74) is 4.16. The van der Waals surface area contributed by atoms with Gasteiger partial charge in [-0.1, -0.05) is 54.1 Å². The molecule has 0 fully saturated rings. The molecule has 3 nitrogen and oxygen atoms in total. The van der Waals surface area contributed by atoms with Crippen LogP contribution in [-0.4, -0.2) is 16.6 Å². The van der Waals surface area contributed by atoms with Gasteiger partial charge in [-0.15, -0.1) is 0 Å². The van der Waals surface area contributed by atoms with Gasteiger partial charge in [0.05, 0.1) is 5.71 Å². The predicted molar refractivity (Wildman–Crippen MR) is 121 cm³/mol. The lowest BCUT2D eigenvalue weighted by atomic mass is 9.94. The first kappa shape index (κ1) is 18.6. The number of benzene rings is 4. The molecule has 1 N–H and O–H groups in total. The van der Waals surface area contributed by atoms with Crippen LogP contribution in [0.1, 0.15) is 28.3 Å². The minimum Gasteiger partial charge on any atom is -0.508 e. The molecule has 1 unspecified atom stereocenters. The number of carbonyl (C=O) groups is 1. The van der Waals surface area contributed by atoms with Gasteiger partial charge in [0.2, 0.25) is 0 Å². The zero-order valence-corrected chi connectivity index (χ0v) is 16.8. The zero-order chi connectivity index (χ0) is 20.7. The molecule has 0 amide bonds. The van der Waals surface area contributed by atoms with E-state index in [-0.39, 0.29) is 18.0 Å². The van der Waals surface area contributed by atoms with Gasteiger partial charge in [0.25, 0.3) is 0 Å². The monoisotopic (exact) mass is 411 g/mol. The summed E-state index contributed by atoms with van der Waals surface area (Å²) in [6.45, 7) is 0. The molecule has 4 aromatic rings. The molecule has 1 atom stereocenters. The molecule has 0 spiro atoms. The molecule has 4 aromatic carbocycles. The van der Waals surface area contributed by atoms with Crippen molar-refractivity contribution in [3.63, 3.8) is 0 Å². The summed E-state index contributed by atoms with van der Waals surface area (Å²) in [6.07, 6.45) is 0.287. The van der Waals surface area contributed by atoms with E-state index in [0.717, 1.165) is 33.0 Å². The van der Waals surface area contributed by atoms with Crippen LogP contribution in [0, 0.1) is 0 Å². The van der Waals surface area contributed by atoms with E-state index in [1.807, 2.05) is 60.7 Å². The molecule has 30 heavy (non-hydrogen) atoms. The molecule has 4 heteroatoms. The number of halogens is 1.